The number of nitrogens with zero attached hydrogens (tertiary/aromatic N) is 4. The summed E-state index contributed by atoms with van der Waals surface area (Å²) in [5.74, 6) is 0. The highest BCUT2D eigenvalue weighted by molar-refractivity contribution is 5.99. The minimum atomic E-state index is -4.67. The summed E-state index contributed by atoms with van der Waals surface area (Å²) in [5, 5.41) is 6.13. The van der Waals surface area contributed by atoms with E-state index in [1.807, 2.05) is 25.1 Å². The molecule has 5 aromatic rings. The maximum atomic E-state index is 14.0. The molecule has 0 spiro atoms. The molecule has 2 aromatic heterocycles. The molecular formula is C27H24F3N4+. The standard InChI is InChI=1S/C27H24F3N4/c1-15-16-10-6-7-11-17(16)19(26(2,3)4)14-18(15)24-22-23(25(27(28,29)30)33-34(24)5)32-21-13-9-8-12-20(21)31-22/h6-14H,1-5H3/q+1. The monoisotopic (exact) mass is 461 g/mol. The second-order valence-electron chi connectivity index (χ2n) is 9.62. The third-order valence-electron chi connectivity index (χ3n) is 6.24. The van der Waals surface area contributed by atoms with E-state index in [9.17, 15) is 13.2 Å². The van der Waals surface area contributed by atoms with Gasteiger partial charge in [-0.25, -0.2) is 9.97 Å². The van der Waals surface area contributed by atoms with Crippen LogP contribution in [-0.2, 0) is 18.6 Å². The van der Waals surface area contributed by atoms with Gasteiger partial charge in [0.1, 0.15) is 5.52 Å². The van der Waals surface area contributed by atoms with Crippen molar-refractivity contribution >= 4 is 32.8 Å². The SMILES string of the molecule is Cc1c(-c2c3nc4ccccc4nc3c(C(F)(F)F)n[n+]2C)cc(C(C)(C)C)c2ccccc12. The molecule has 0 amide bonds. The zero-order valence-electron chi connectivity index (χ0n) is 19.6. The van der Waals surface area contributed by atoms with Crippen LogP contribution in [0.2, 0.25) is 0 Å². The Morgan fingerprint density at radius 1 is 0.794 bits per heavy atom. The smallest absolute Gasteiger partial charge is 0.242 e. The number of alkyl halides is 3. The van der Waals surface area contributed by atoms with Gasteiger partial charge in [0, 0.05) is 5.10 Å². The Morgan fingerprint density at radius 2 is 1.35 bits per heavy atom. The largest absolute Gasteiger partial charge is 0.441 e. The number of halogens is 3. The molecule has 0 radical (unpaired) electrons. The van der Waals surface area contributed by atoms with Gasteiger partial charge >= 0.3 is 6.18 Å². The van der Waals surface area contributed by atoms with Crippen LogP contribution >= 0.6 is 0 Å². The van der Waals surface area contributed by atoms with Gasteiger partial charge in [0.2, 0.25) is 5.69 Å². The van der Waals surface area contributed by atoms with Gasteiger partial charge < -0.3 is 0 Å². The Labute approximate surface area is 195 Å². The molecule has 0 aliphatic rings. The highest BCUT2D eigenvalue weighted by Gasteiger charge is 2.41. The first-order valence-electron chi connectivity index (χ1n) is 11.0. The van der Waals surface area contributed by atoms with Crippen LogP contribution in [0, 0.1) is 6.92 Å². The summed E-state index contributed by atoms with van der Waals surface area (Å²) in [6.45, 7) is 8.38. The van der Waals surface area contributed by atoms with E-state index >= 15 is 0 Å². The summed E-state index contributed by atoms with van der Waals surface area (Å²) >= 11 is 0. The summed E-state index contributed by atoms with van der Waals surface area (Å²) in [4.78, 5) is 9.05. The lowest BCUT2D eigenvalue weighted by atomic mass is 9.80. The minimum absolute atomic E-state index is 0.182. The van der Waals surface area contributed by atoms with Crippen molar-refractivity contribution in [2.24, 2.45) is 7.05 Å². The fraction of sp³-hybridized carbons (Fsp3) is 0.259. The molecule has 34 heavy (non-hydrogen) atoms. The number of benzene rings is 3. The number of rotatable bonds is 1. The zero-order valence-corrected chi connectivity index (χ0v) is 19.6. The number of aryl methyl sites for hydroxylation is 2. The predicted octanol–water partition coefficient (Wildman–Crippen LogP) is 6.45. The molecule has 0 atom stereocenters. The van der Waals surface area contributed by atoms with Crippen LogP contribution in [0.4, 0.5) is 13.2 Å². The lowest BCUT2D eigenvalue weighted by Gasteiger charge is -2.24. The molecular weight excluding hydrogens is 437 g/mol. The van der Waals surface area contributed by atoms with Crippen molar-refractivity contribution in [2.75, 3.05) is 0 Å². The molecule has 0 unspecified atom stereocenters. The van der Waals surface area contributed by atoms with E-state index in [1.165, 1.54) is 11.7 Å². The Morgan fingerprint density at radius 3 is 1.94 bits per heavy atom. The first-order chi connectivity index (χ1) is 16.0. The summed E-state index contributed by atoms with van der Waals surface area (Å²) < 4.78 is 43.3. The van der Waals surface area contributed by atoms with E-state index in [-0.39, 0.29) is 16.4 Å². The third-order valence-corrected chi connectivity index (χ3v) is 6.24. The molecule has 5 rings (SSSR count). The summed E-state index contributed by atoms with van der Waals surface area (Å²) in [6.07, 6.45) is -4.67. The maximum absolute atomic E-state index is 14.0. The molecule has 7 heteroatoms. The van der Waals surface area contributed by atoms with Crippen LogP contribution in [0.3, 0.4) is 0 Å². The van der Waals surface area contributed by atoms with Crippen LogP contribution in [-0.4, -0.2) is 15.1 Å². The third kappa shape index (κ3) is 3.47. The average molecular weight is 462 g/mol. The fourth-order valence-corrected chi connectivity index (χ4v) is 4.61. The molecule has 0 saturated carbocycles. The van der Waals surface area contributed by atoms with E-state index in [2.05, 4.69) is 48.0 Å². The zero-order chi connectivity index (χ0) is 24.4. The first-order valence-corrected chi connectivity index (χ1v) is 11.0. The van der Waals surface area contributed by atoms with Crippen molar-refractivity contribution in [3.05, 3.63) is 71.4 Å². The lowest BCUT2D eigenvalue weighted by Crippen LogP contribution is -2.39. The Balaban J connectivity index is 1.98. The van der Waals surface area contributed by atoms with Gasteiger partial charge in [0.05, 0.1) is 16.6 Å². The molecule has 3 aromatic carbocycles. The quantitative estimate of drug-likeness (QED) is 0.213. The van der Waals surface area contributed by atoms with Crippen molar-refractivity contribution < 1.29 is 17.9 Å². The van der Waals surface area contributed by atoms with Gasteiger partial charge in [-0.2, -0.15) is 13.2 Å². The number of hydrogen-bond donors (Lipinski definition) is 0. The molecule has 0 saturated heterocycles. The van der Waals surface area contributed by atoms with E-state index < -0.39 is 11.9 Å². The van der Waals surface area contributed by atoms with Gasteiger partial charge in [-0.3, -0.25) is 0 Å². The highest BCUT2D eigenvalue weighted by Crippen LogP contribution is 2.40. The Kier molecular flexibility index (Phi) is 4.86. The van der Waals surface area contributed by atoms with Gasteiger partial charge in [0.15, 0.2) is 12.6 Å². The maximum Gasteiger partial charge on any atom is 0.441 e. The number of aromatic nitrogens is 4. The lowest BCUT2D eigenvalue weighted by molar-refractivity contribution is -0.720. The number of fused-ring (bicyclic) bond motifs is 3. The summed E-state index contributed by atoms with van der Waals surface area (Å²) in [7, 11) is 1.53. The average Bonchev–Trinajstić information content (AvgIpc) is 2.77. The molecule has 0 fully saturated rings. The second-order valence-corrected chi connectivity index (χ2v) is 9.62. The molecule has 4 nitrogen and oxygen atoms in total. The number of para-hydroxylation sites is 2. The minimum Gasteiger partial charge on any atom is -0.242 e. The van der Waals surface area contributed by atoms with Crippen molar-refractivity contribution in [2.45, 2.75) is 39.3 Å². The topological polar surface area (TPSA) is 42.6 Å². The molecule has 0 aliphatic carbocycles. The molecule has 0 aliphatic heterocycles. The van der Waals surface area contributed by atoms with Crippen molar-refractivity contribution in [3.8, 4) is 11.3 Å². The molecule has 0 bridgehead atoms. The van der Waals surface area contributed by atoms with Crippen LogP contribution in [0.25, 0.3) is 44.1 Å². The molecule has 172 valence electrons. The van der Waals surface area contributed by atoms with E-state index in [1.54, 1.807) is 24.3 Å². The van der Waals surface area contributed by atoms with Gasteiger partial charge in [-0.15, -0.1) is 0 Å². The van der Waals surface area contributed by atoms with Gasteiger partial charge in [-0.1, -0.05) is 61.9 Å². The van der Waals surface area contributed by atoms with Crippen LogP contribution < -0.4 is 4.68 Å². The van der Waals surface area contributed by atoms with Crippen molar-refractivity contribution in [1.29, 1.82) is 0 Å². The normalized spacial score (nSPS) is 12.7. The van der Waals surface area contributed by atoms with E-state index in [0.717, 1.165) is 27.5 Å². The summed E-state index contributed by atoms with van der Waals surface area (Å²) in [5.41, 5.74) is 3.00. The fourth-order valence-electron chi connectivity index (χ4n) is 4.61. The van der Waals surface area contributed by atoms with Gasteiger partial charge in [0.25, 0.3) is 5.69 Å². The van der Waals surface area contributed by atoms with Crippen molar-refractivity contribution in [3.63, 3.8) is 0 Å². The highest BCUT2D eigenvalue weighted by atomic mass is 19.4. The molecule has 0 N–H and O–H groups in total. The van der Waals surface area contributed by atoms with Crippen LogP contribution in [0.1, 0.15) is 37.6 Å². The number of hydrogen-bond acceptors (Lipinski definition) is 3. The molecule has 2 heterocycles. The Hall–Kier alpha value is -3.61. The first kappa shape index (κ1) is 22.2. The van der Waals surface area contributed by atoms with E-state index in [0.29, 0.717) is 16.7 Å². The van der Waals surface area contributed by atoms with Crippen LogP contribution in [0.5, 0.6) is 0 Å². The van der Waals surface area contributed by atoms with Crippen LogP contribution in [0.15, 0.2) is 54.6 Å². The van der Waals surface area contributed by atoms with Crippen molar-refractivity contribution in [1.82, 2.24) is 15.1 Å². The van der Waals surface area contributed by atoms with Gasteiger partial charge in [-0.05, 0) is 52.4 Å². The van der Waals surface area contributed by atoms with E-state index in [4.69, 9.17) is 0 Å². The summed E-state index contributed by atoms with van der Waals surface area (Å²) in [6, 6.07) is 17.1. The Bertz CT molecular complexity index is 1600. The second kappa shape index (κ2) is 7.45. The predicted molar refractivity (Wildman–Crippen MR) is 127 cm³/mol.